The van der Waals surface area contributed by atoms with Crippen LogP contribution in [0.4, 0.5) is 0 Å². The maximum absolute atomic E-state index is 12.4. The minimum absolute atomic E-state index is 0.187. The minimum atomic E-state index is -0.228. The second-order valence-electron chi connectivity index (χ2n) is 5.13. The Bertz CT molecular complexity index is 424. The molecule has 3 nitrogen and oxygen atoms in total. The lowest BCUT2D eigenvalue weighted by molar-refractivity contribution is -0.132. The monoisotopic (exact) mass is 330 g/mol. The molecule has 1 atom stereocenters. The lowest BCUT2D eigenvalue weighted by Crippen LogP contribution is -2.45. The van der Waals surface area contributed by atoms with Crippen LogP contribution in [0.2, 0.25) is 0 Å². The molecule has 2 rings (SSSR count). The summed E-state index contributed by atoms with van der Waals surface area (Å²) in [5.74, 6) is 0.551. The van der Waals surface area contributed by atoms with Crippen molar-refractivity contribution in [1.29, 1.82) is 0 Å². The molecule has 0 bridgehead atoms. The molecule has 2 heterocycles. The van der Waals surface area contributed by atoms with Gasteiger partial charge in [0.1, 0.15) is 0 Å². The van der Waals surface area contributed by atoms with E-state index in [1.54, 1.807) is 11.3 Å². The van der Waals surface area contributed by atoms with Crippen LogP contribution in [0.1, 0.15) is 25.1 Å². The predicted octanol–water partition coefficient (Wildman–Crippen LogP) is 2.76. The van der Waals surface area contributed by atoms with Crippen LogP contribution in [0, 0.1) is 11.3 Å². The summed E-state index contributed by atoms with van der Waals surface area (Å²) in [6.07, 6.45) is 0.935. The zero-order chi connectivity index (χ0) is 13.2. The molecular weight excluding hydrogens is 312 g/mol. The molecule has 5 heteroatoms. The van der Waals surface area contributed by atoms with Crippen LogP contribution in [0.5, 0.6) is 0 Å². The normalized spacial score (nSPS) is 23.6. The summed E-state index contributed by atoms with van der Waals surface area (Å²) in [6, 6.07) is 4.06. The summed E-state index contributed by atoms with van der Waals surface area (Å²) < 4.78 is 1.10. The van der Waals surface area contributed by atoms with Crippen molar-refractivity contribution in [1.82, 2.24) is 10.6 Å². The summed E-state index contributed by atoms with van der Waals surface area (Å²) in [7, 11) is 0. The third kappa shape index (κ3) is 2.78. The van der Waals surface area contributed by atoms with Crippen molar-refractivity contribution in [2.45, 2.75) is 26.8 Å². The molecule has 0 saturated carbocycles. The third-order valence-corrected chi connectivity index (χ3v) is 5.42. The Morgan fingerprint density at radius 3 is 2.89 bits per heavy atom. The van der Waals surface area contributed by atoms with Crippen molar-refractivity contribution >= 4 is 33.2 Å². The highest BCUT2D eigenvalue weighted by atomic mass is 79.9. The molecule has 0 aromatic carbocycles. The number of rotatable bonds is 4. The fourth-order valence-corrected chi connectivity index (χ4v) is 3.87. The first-order chi connectivity index (χ1) is 8.54. The van der Waals surface area contributed by atoms with Crippen LogP contribution < -0.4 is 10.6 Å². The Morgan fingerprint density at radius 1 is 1.61 bits per heavy atom. The molecule has 1 aromatic heterocycles. The maximum Gasteiger partial charge on any atom is 0.228 e. The number of carbonyl (C=O) groups excluding carboxylic acids is 1. The zero-order valence-corrected chi connectivity index (χ0v) is 13.2. The van der Waals surface area contributed by atoms with Gasteiger partial charge in [-0.1, -0.05) is 13.8 Å². The van der Waals surface area contributed by atoms with Gasteiger partial charge in [-0.05, 0) is 46.9 Å². The standard InChI is InChI=1S/C13H19BrN2OS/c1-9(2)13(5-6-15-8-13)12(17)16-7-10-3-4-11(14)18-10/h3-4,9,15H,5-8H2,1-2H3,(H,16,17). The lowest BCUT2D eigenvalue weighted by Gasteiger charge is -2.31. The first kappa shape index (κ1) is 14.0. The van der Waals surface area contributed by atoms with Gasteiger partial charge in [-0.3, -0.25) is 4.79 Å². The van der Waals surface area contributed by atoms with Crippen molar-refractivity contribution < 1.29 is 4.79 Å². The number of hydrogen-bond donors (Lipinski definition) is 2. The second-order valence-corrected chi connectivity index (χ2v) is 7.67. The van der Waals surface area contributed by atoms with Gasteiger partial charge in [-0.15, -0.1) is 11.3 Å². The highest BCUT2D eigenvalue weighted by molar-refractivity contribution is 9.11. The van der Waals surface area contributed by atoms with Crippen molar-refractivity contribution in [3.8, 4) is 0 Å². The summed E-state index contributed by atoms with van der Waals surface area (Å²) >= 11 is 5.10. The number of thiophene rings is 1. The summed E-state index contributed by atoms with van der Waals surface area (Å²) in [5, 5.41) is 6.40. The molecule has 0 spiro atoms. The Kier molecular flexibility index (Phi) is 4.45. The van der Waals surface area contributed by atoms with E-state index >= 15 is 0 Å². The Morgan fingerprint density at radius 2 is 2.39 bits per heavy atom. The Hall–Kier alpha value is -0.390. The van der Waals surface area contributed by atoms with Gasteiger partial charge in [0, 0.05) is 11.4 Å². The van der Waals surface area contributed by atoms with Crippen LogP contribution in [0.25, 0.3) is 0 Å². The molecule has 100 valence electrons. The lowest BCUT2D eigenvalue weighted by atomic mass is 9.75. The molecule has 1 fully saturated rings. The van der Waals surface area contributed by atoms with Gasteiger partial charge in [0.25, 0.3) is 0 Å². The number of nitrogens with one attached hydrogen (secondary N) is 2. The Labute approximate surface area is 120 Å². The van der Waals surface area contributed by atoms with Gasteiger partial charge in [-0.25, -0.2) is 0 Å². The van der Waals surface area contributed by atoms with Crippen LogP contribution in [0.3, 0.4) is 0 Å². The van der Waals surface area contributed by atoms with Gasteiger partial charge in [0.05, 0.1) is 15.7 Å². The summed E-state index contributed by atoms with van der Waals surface area (Å²) in [6.45, 7) is 6.63. The van der Waals surface area contributed by atoms with Gasteiger partial charge in [0.2, 0.25) is 5.91 Å². The summed E-state index contributed by atoms with van der Waals surface area (Å²) in [4.78, 5) is 13.6. The van der Waals surface area contributed by atoms with Gasteiger partial charge in [-0.2, -0.15) is 0 Å². The maximum atomic E-state index is 12.4. The predicted molar refractivity (Wildman–Crippen MR) is 78.6 cm³/mol. The van der Waals surface area contributed by atoms with E-state index in [4.69, 9.17) is 0 Å². The molecule has 0 aliphatic carbocycles. The van der Waals surface area contributed by atoms with E-state index in [0.717, 1.165) is 23.3 Å². The number of hydrogen-bond acceptors (Lipinski definition) is 3. The fourth-order valence-electron chi connectivity index (χ4n) is 2.45. The van der Waals surface area contributed by atoms with E-state index < -0.39 is 0 Å². The molecule has 1 amide bonds. The number of halogens is 1. The van der Waals surface area contributed by atoms with Crippen molar-refractivity contribution in [3.05, 3.63) is 20.8 Å². The SMILES string of the molecule is CC(C)C1(C(=O)NCc2ccc(Br)s2)CCNC1. The van der Waals surface area contributed by atoms with Gasteiger partial charge >= 0.3 is 0 Å². The van der Waals surface area contributed by atoms with Crippen LogP contribution in [-0.2, 0) is 11.3 Å². The molecule has 0 radical (unpaired) electrons. The molecule has 18 heavy (non-hydrogen) atoms. The van der Waals surface area contributed by atoms with Crippen molar-refractivity contribution in [2.75, 3.05) is 13.1 Å². The smallest absolute Gasteiger partial charge is 0.228 e. The minimum Gasteiger partial charge on any atom is -0.351 e. The molecule has 1 unspecified atom stereocenters. The second kappa shape index (κ2) is 5.72. The fraction of sp³-hybridized carbons (Fsp3) is 0.615. The van der Waals surface area contributed by atoms with Crippen LogP contribution in [-0.4, -0.2) is 19.0 Å². The van der Waals surface area contributed by atoms with Gasteiger partial charge < -0.3 is 10.6 Å². The van der Waals surface area contributed by atoms with E-state index in [-0.39, 0.29) is 11.3 Å². The first-order valence-corrected chi connectivity index (χ1v) is 7.89. The first-order valence-electron chi connectivity index (χ1n) is 6.28. The molecule has 2 N–H and O–H groups in total. The highest BCUT2D eigenvalue weighted by Crippen LogP contribution is 2.34. The van der Waals surface area contributed by atoms with E-state index in [1.165, 1.54) is 4.88 Å². The Balaban J connectivity index is 1.98. The van der Waals surface area contributed by atoms with Gasteiger partial charge in [0.15, 0.2) is 0 Å². The third-order valence-electron chi connectivity index (χ3n) is 3.80. The summed E-state index contributed by atoms with van der Waals surface area (Å²) in [5.41, 5.74) is -0.228. The van der Waals surface area contributed by atoms with E-state index in [0.29, 0.717) is 12.5 Å². The van der Waals surface area contributed by atoms with Crippen molar-refractivity contribution in [2.24, 2.45) is 11.3 Å². The highest BCUT2D eigenvalue weighted by Gasteiger charge is 2.43. The molecular formula is C13H19BrN2OS. The number of carbonyl (C=O) groups is 1. The van der Waals surface area contributed by atoms with Crippen LogP contribution >= 0.6 is 27.3 Å². The van der Waals surface area contributed by atoms with E-state index in [9.17, 15) is 4.79 Å². The largest absolute Gasteiger partial charge is 0.351 e. The molecule has 1 aromatic rings. The van der Waals surface area contributed by atoms with Crippen LogP contribution in [0.15, 0.2) is 15.9 Å². The van der Waals surface area contributed by atoms with E-state index in [2.05, 4.69) is 40.4 Å². The quantitative estimate of drug-likeness (QED) is 0.891. The molecule has 1 saturated heterocycles. The average Bonchev–Trinajstić information content (AvgIpc) is 2.95. The number of amides is 1. The topological polar surface area (TPSA) is 41.1 Å². The zero-order valence-electron chi connectivity index (χ0n) is 10.8. The van der Waals surface area contributed by atoms with E-state index in [1.807, 2.05) is 12.1 Å². The molecule has 1 aliphatic heterocycles. The van der Waals surface area contributed by atoms with Crippen molar-refractivity contribution in [3.63, 3.8) is 0 Å². The molecule has 1 aliphatic rings. The average molecular weight is 331 g/mol.